The standard InChI is InChI=1S/C27H37NO6/c1-4-18-11-21(16-29)27(20-9-10-28-15-20)23(12-18)25(34-17(2)30)14-22(31)7-5-19-6-8-24(32)26(13-19)33-3/h6,8-10,13,15,18,21,23,25,27-29,32H,4-5,7,11-12,14,16H2,1-3H3. The van der Waals surface area contributed by atoms with Crippen molar-refractivity contribution in [2.45, 2.75) is 64.4 Å². The molecule has 0 bridgehead atoms. The molecule has 1 aliphatic rings. The summed E-state index contributed by atoms with van der Waals surface area (Å²) in [4.78, 5) is 28.2. The van der Waals surface area contributed by atoms with Gasteiger partial charge in [0.1, 0.15) is 11.9 Å². The topological polar surface area (TPSA) is 109 Å². The van der Waals surface area contributed by atoms with Crippen LogP contribution in [0.3, 0.4) is 0 Å². The number of nitrogens with one attached hydrogen (secondary N) is 1. The van der Waals surface area contributed by atoms with Crippen LogP contribution in [0, 0.1) is 17.8 Å². The van der Waals surface area contributed by atoms with Crippen LogP contribution in [0.4, 0.5) is 0 Å². The van der Waals surface area contributed by atoms with Crippen LogP contribution in [0.5, 0.6) is 11.5 Å². The number of phenols is 1. The SMILES string of the molecule is CCC1CC(CO)C(c2cc[nH]c2)C(C(CC(=O)CCc2ccc(O)c(OC)c2)OC(C)=O)C1. The van der Waals surface area contributed by atoms with E-state index in [1.165, 1.54) is 14.0 Å². The molecule has 3 N–H and O–H groups in total. The predicted molar refractivity (Wildman–Crippen MR) is 129 cm³/mol. The van der Waals surface area contributed by atoms with E-state index >= 15 is 0 Å². The number of hydrogen-bond acceptors (Lipinski definition) is 6. The highest BCUT2D eigenvalue weighted by molar-refractivity contribution is 5.79. The first-order valence-electron chi connectivity index (χ1n) is 12.1. The Morgan fingerprint density at radius 2 is 2.03 bits per heavy atom. The van der Waals surface area contributed by atoms with Crippen LogP contribution in [0.2, 0.25) is 0 Å². The van der Waals surface area contributed by atoms with Crippen molar-refractivity contribution in [1.82, 2.24) is 4.98 Å². The number of esters is 1. The second kappa shape index (κ2) is 12.1. The van der Waals surface area contributed by atoms with Crippen LogP contribution in [0.1, 0.15) is 63.0 Å². The Kier molecular flexibility index (Phi) is 9.16. The van der Waals surface area contributed by atoms with E-state index in [4.69, 9.17) is 9.47 Å². The first-order valence-corrected chi connectivity index (χ1v) is 12.1. The molecule has 1 saturated carbocycles. The van der Waals surface area contributed by atoms with E-state index in [9.17, 15) is 19.8 Å². The third kappa shape index (κ3) is 6.41. The van der Waals surface area contributed by atoms with Crippen molar-refractivity contribution in [3.8, 4) is 11.5 Å². The molecule has 7 nitrogen and oxygen atoms in total. The number of ketones is 1. The number of carbonyl (C=O) groups excluding carboxylic acids is 2. The maximum atomic E-state index is 13.0. The number of aryl methyl sites for hydroxylation is 1. The number of H-pyrrole nitrogens is 1. The van der Waals surface area contributed by atoms with Crippen molar-refractivity contribution in [1.29, 1.82) is 0 Å². The highest BCUT2D eigenvalue weighted by Crippen LogP contribution is 2.48. The molecule has 3 rings (SSSR count). The maximum absolute atomic E-state index is 13.0. The first-order chi connectivity index (χ1) is 16.4. The van der Waals surface area contributed by atoms with Gasteiger partial charge in [0, 0.05) is 44.7 Å². The van der Waals surface area contributed by atoms with Crippen molar-refractivity contribution in [2.24, 2.45) is 17.8 Å². The third-order valence-corrected chi connectivity index (χ3v) is 7.19. The van der Waals surface area contributed by atoms with Gasteiger partial charge in [0.25, 0.3) is 0 Å². The van der Waals surface area contributed by atoms with Crippen molar-refractivity contribution >= 4 is 11.8 Å². The minimum absolute atomic E-state index is 0.0116. The van der Waals surface area contributed by atoms with E-state index in [0.29, 0.717) is 24.5 Å². The minimum atomic E-state index is -0.539. The van der Waals surface area contributed by atoms with Gasteiger partial charge >= 0.3 is 5.97 Å². The lowest BCUT2D eigenvalue weighted by atomic mass is 9.63. The molecule has 34 heavy (non-hydrogen) atoms. The molecule has 1 fully saturated rings. The normalized spacial score (nSPS) is 23.3. The summed E-state index contributed by atoms with van der Waals surface area (Å²) in [5.74, 6) is 0.487. The zero-order valence-electron chi connectivity index (χ0n) is 20.3. The summed E-state index contributed by atoms with van der Waals surface area (Å²) in [6, 6.07) is 7.07. The number of hydrogen-bond donors (Lipinski definition) is 3. The number of aromatic amines is 1. The Bertz CT molecular complexity index is 941. The van der Waals surface area contributed by atoms with Gasteiger partial charge in [-0.3, -0.25) is 9.59 Å². The van der Waals surface area contributed by atoms with Crippen LogP contribution < -0.4 is 4.74 Å². The van der Waals surface area contributed by atoms with Crippen LogP contribution in [-0.2, 0) is 20.7 Å². The molecule has 0 aliphatic heterocycles. The summed E-state index contributed by atoms with van der Waals surface area (Å²) in [6.45, 7) is 3.59. The Labute approximate surface area is 201 Å². The Morgan fingerprint density at radius 3 is 2.65 bits per heavy atom. The van der Waals surface area contributed by atoms with E-state index in [1.807, 2.05) is 18.5 Å². The van der Waals surface area contributed by atoms with Gasteiger partial charge in [0.15, 0.2) is 11.5 Å². The molecule has 2 aromatic rings. The van der Waals surface area contributed by atoms with Crippen LogP contribution in [-0.4, -0.2) is 46.8 Å². The van der Waals surface area contributed by atoms with Crippen molar-refractivity contribution in [3.05, 3.63) is 47.8 Å². The lowest BCUT2D eigenvalue weighted by molar-refractivity contribution is -0.153. The van der Waals surface area contributed by atoms with Gasteiger partial charge in [-0.05, 0) is 66.3 Å². The molecule has 1 heterocycles. The Balaban J connectivity index is 1.78. The van der Waals surface area contributed by atoms with E-state index in [2.05, 4.69) is 11.9 Å². The van der Waals surface area contributed by atoms with Gasteiger partial charge in [-0.2, -0.15) is 0 Å². The maximum Gasteiger partial charge on any atom is 0.302 e. The molecule has 5 unspecified atom stereocenters. The van der Waals surface area contributed by atoms with Gasteiger partial charge in [-0.15, -0.1) is 0 Å². The van der Waals surface area contributed by atoms with E-state index in [-0.39, 0.29) is 42.3 Å². The fourth-order valence-electron chi connectivity index (χ4n) is 5.50. The molecular formula is C27H37NO6. The number of ether oxygens (including phenoxy) is 2. The summed E-state index contributed by atoms with van der Waals surface area (Å²) in [5, 5.41) is 20.0. The molecule has 0 amide bonds. The number of carbonyl (C=O) groups is 2. The number of methoxy groups -OCH3 is 1. The monoisotopic (exact) mass is 471 g/mol. The van der Waals surface area contributed by atoms with Crippen LogP contribution >= 0.6 is 0 Å². The number of aromatic hydroxyl groups is 1. The molecular weight excluding hydrogens is 434 g/mol. The molecule has 0 radical (unpaired) electrons. The molecule has 7 heteroatoms. The molecule has 5 atom stereocenters. The van der Waals surface area contributed by atoms with E-state index < -0.39 is 12.1 Å². The number of benzene rings is 1. The molecule has 0 saturated heterocycles. The highest BCUT2D eigenvalue weighted by Gasteiger charge is 2.43. The quantitative estimate of drug-likeness (QED) is 0.420. The van der Waals surface area contributed by atoms with Gasteiger partial charge < -0.3 is 24.7 Å². The average Bonchev–Trinajstić information content (AvgIpc) is 3.36. The van der Waals surface area contributed by atoms with E-state index in [1.54, 1.807) is 18.2 Å². The van der Waals surface area contributed by atoms with Gasteiger partial charge in [-0.25, -0.2) is 0 Å². The Morgan fingerprint density at radius 1 is 1.24 bits per heavy atom. The predicted octanol–water partition coefficient (Wildman–Crippen LogP) is 4.38. The number of aliphatic hydroxyl groups excluding tert-OH is 1. The fraction of sp³-hybridized carbons (Fsp3) is 0.556. The van der Waals surface area contributed by atoms with E-state index in [0.717, 1.165) is 30.4 Å². The molecule has 1 aliphatic carbocycles. The van der Waals surface area contributed by atoms with Gasteiger partial charge in [0.2, 0.25) is 0 Å². The number of aliphatic hydroxyl groups is 1. The lowest BCUT2D eigenvalue weighted by Gasteiger charge is -2.44. The number of Topliss-reactive ketones (excluding diaryl/α,β-unsaturated/α-hetero) is 1. The summed E-state index contributed by atoms with van der Waals surface area (Å²) in [5.41, 5.74) is 1.97. The fourth-order valence-corrected chi connectivity index (χ4v) is 5.50. The summed E-state index contributed by atoms with van der Waals surface area (Å²) >= 11 is 0. The molecule has 1 aromatic heterocycles. The minimum Gasteiger partial charge on any atom is -0.504 e. The first kappa shape index (κ1) is 25.8. The van der Waals surface area contributed by atoms with Crippen molar-refractivity contribution < 1.29 is 29.3 Å². The lowest BCUT2D eigenvalue weighted by Crippen LogP contribution is -2.41. The second-order valence-corrected chi connectivity index (χ2v) is 9.42. The molecule has 186 valence electrons. The molecule has 0 spiro atoms. The van der Waals surface area contributed by atoms with Crippen molar-refractivity contribution in [2.75, 3.05) is 13.7 Å². The number of rotatable bonds is 11. The van der Waals surface area contributed by atoms with Gasteiger partial charge in [-0.1, -0.05) is 19.4 Å². The van der Waals surface area contributed by atoms with Crippen molar-refractivity contribution in [3.63, 3.8) is 0 Å². The summed E-state index contributed by atoms with van der Waals surface area (Å²) in [7, 11) is 1.49. The zero-order valence-corrected chi connectivity index (χ0v) is 20.3. The second-order valence-electron chi connectivity index (χ2n) is 9.42. The number of phenolic OH excluding ortho intramolecular Hbond substituents is 1. The third-order valence-electron chi connectivity index (χ3n) is 7.19. The average molecular weight is 472 g/mol. The largest absolute Gasteiger partial charge is 0.504 e. The zero-order chi connectivity index (χ0) is 24.7. The smallest absolute Gasteiger partial charge is 0.302 e. The molecule has 1 aromatic carbocycles. The van der Waals surface area contributed by atoms with Crippen LogP contribution in [0.15, 0.2) is 36.7 Å². The van der Waals surface area contributed by atoms with Gasteiger partial charge in [0.05, 0.1) is 7.11 Å². The Hall–Kier alpha value is -2.80. The highest BCUT2D eigenvalue weighted by atomic mass is 16.5. The number of aromatic nitrogens is 1. The van der Waals surface area contributed by atoms with Crippen LogP contribution in [0.25, 0.3) is 0 Å². The summed E-state index contributed by atoms with van der Waals surface area (Å²) in [6.07, 6.45) is 6.97. The summed E-state index contributed by atoms with van der Waals surface area (Å²) < 4.78 is 10.9.